The minimum absolute atomic E-state index is 0.257. The number of H-pyrrole nitrogens is 1. The Morgan fingerprint density at radius 3 is 2.61 bits per heavy atom. The molecular formula is C16H16N4O2S. The molecule has 0 saturated carbocycles. The molecule has 2 heterocycles. The highest BCUT2D eigenvalue weighted by atomic mass is 32.2. The van der Waals surface area contributed by atoms with Crippen LogP contribution in [-0.2, 0) is 0 Å². The van der Waals surface area contributed by atoms with Crippen molar-refractivity contribution in [2.75, 3.05) is 11.6 Å². The van der Waals surface area contributed by atoms with Crippen LogP contribution >= 0.6 is 11.8 Å². The van der Waals surface area contributed by atoms with Gasteiger partial charge in [0.2, 0.25) is 0 Å². The number of thioether (sulfide) groups is 1. The molecule has 0 radical (unpaired) electrons. The van der Waals surface area contributed by atoms with Crippen LogP contribution in [-0.4, -0.2) is 26.8 Å². The lowest BCUT2D eigenvalue weighted by molar-refractivity contribution is 0.102. The predicted octanol–water partition coefficient (Wildman–Crippen LogP) is 2.61. The largest absolute Gasteiger partial charge is 0.322 e. The van der Waals surface area contributed by atoms with Gasteiger partial charge in [0.15, 0.2) is 0 Å². The zero-order valence-electron chi connectivity index (χ0n) is 13.0. The summed E-state index contributed by atoms with van der Waals surface area (Å²) in [4.78, 5) is 27.1. The molecular weight excluding hydrogens is 312 g/mol. The van der Waals surface area contributed by atoms with Crippen LogP contribution in [0.15, 0.2) is 40.2 Å². The van der Waals surface area contributed by atoms with Crippen LogP contribution in [0.25, 0.3) is 5.65 Å². The fraction of sp³-hybridized carbons (Fsp3) is 0.188. The third-order valence-electron chi connectivity index (χ3n) is 3.50. The average molecular weight is 328 g/mol. The lowest BCUT2D eigenvalue weighted by Gasteiger charge is -2.05. The van der Waals surface area contributed by atoms with Crippen molar-refractivity contribution >= 4 is 29.0 Å². The van der Waals surface area contributed by atoms with E-state index in [2.05, 4.69) is 15.4 Å². The highest BCUT2D eigenvalue weighted by Crippen LogP contribution is 2.24. The molecule has 2 N–H and O–H groups in total. The molecule has 0 fully saturated rings. The van der Waals surface area contributed by atoms with Gasteiger partial charge < -0.3 is 10.3 Å². The fourth-order valence-electron chi connectivity index (χ4n) is 2.35. The Labute approximate surface area is 136 Å². The number of carbonyl (C=O) groups excluding carboxylic acids is 1. The van der Waals surface area contributed by atoms with Crippen molar-refractivity contribution in [3.05, 3.63) is 57.5 Å². The first kappa shape index (κ1) is 15.4. The Hall–Kier alpha value is -2.54. The van der Waals surface area contributed by atoms with Gasteiger partial charge in [-0.1, -0.05) is 17.7 Å². The lowest BCUT2D eigenvalue weighted by atomic mass is 10.2. The molecule has 3 rings (SSSR count). The summed E-state index contributed by atoms with van der Waals surface area (Å²) in [7, 11) is 0. The number of amides is 1. The van der Waals surface area contributed by atoms with Crippen molar-refractivity contribution in [1.82, 2.24) is 14.6 Å². The molecule has 3 aromatic rings. The standard InChI is InChI=1S/C16H16N4O2S/c1-9-4-6-11(7-5-9)17-15(22)13-14-18-12(21)8-10(2)20(14)19-16(13)23-3/h4-8H,1-3H3,(H,17,22)(H,18,21). The highest BCUT2D eigenvalue weighted by molar-refractivity contribution is 7.98. The van der Waals surface area contributed by atoms with Gasteiger partial charge in [0.1, 0.15) is 16.2 Å². The number of anilines is 1. The van der Waals surface area contributed by atoms with E-state index in [0.717, 1.165) is 5.56 Å². The summed E-state index contributed by atoms with van der Waals surface area (Å²) in [5, 5.41) is 7.82. The van der Waals surface area contributed by atoms with E-state index in [4.69, 9.17) is 0 Å². The number of aromatic nitrogens is 3. The maximum absolute atomic E-state index is 12.7. The second-order valence-corrected chi connectivity index (χ2v) is 6.03. The van der Waals surface area contributed by atoms with Crippen LogP contribution in [0.3, 0.4) is 0 Å². The van der Waals surface area contributed by atoms with E-state index in [1.165, 1.54) is 17.8 Å². The Bertz CT molecular complexity index is 941. The number of nitrogens with one attached hydrogen (secondary N) is 2. The quantitative estimate of drug-likeness (QED) is 0.724. The van der Waals surface area contributed by atoms with Crippen molar-refractivity contribution in [2.45, 2.75) is 18.9 Å². The third-order valence-corrected chi connectivity index (χ3v) is 4.17. The molecule has 0 unspecified atom stereocenters. The van der Waals surface area contributed by atoms with Crippen LogP contribution < -0.4 is 10.9 Å². The first-order valence-corrected chi connectivity index (χ1v) is 8.26. The predicted molar refractivity (Wildman–Crippen MR) is 91.5 cm³/mol. The van der Waals surface area contributed by atoms with Crippen molar-refractivity contribution in [3.63, 3.8) is 0 Å². The maximum Gasteiger partial charge on any atom is 0.262 e. The van der Waals surface area contributed by atoms with Crippen molar-refractivity contribution in [3.8, 4) is 0 Å². The van der Waals surface area contributed by atoms with Crippen molar-refractivity contribution < 1.29 is 4.79 Å². The van der Waals surface area contributed by atoms with Crippen molar-refractivity contribution in [1.29, 1.82) is 0 Å². The number of fused-ring (bicyclic) bond motifs is 1. The summed E-state index contributed by atoms with van der Waals surface area (Å²) < 4.78 is 1.58. The molecule has 0 aliphatic rings. The third kappa shape index (κ3) is 2.87. The van der Waals surface area contributed by atoms with Gasteiger partial charge in [0.05, 0.1) is 0 Å². The minimum Gasteiger partial charge on any atom is -0.322 e. The molecule has 0 spiro atoms. The average Bonchev–Trinajstić information content (AvgIpc) is 2.88. The van der Waals surface area contributed by atoms with Crippen LogP contribution in [0.4, 0.5) is 5.69 Å². The Morgan fingerprint density at radius 2 is 1.96 bits per heavy atom. The van der Waals surface area contributed by atoms with E-state index in [0.29, 0.717) is 27.6 Å². The van der Waals surface area contributed by atoms with E-state index < -0.39 is 0 Å². The monoisotopic (exact) mass is 328 g/mol. The second kappa shape index (κ2) is 5.92. The lowest BCUT2D eigenvalue weighted by Crippen LogP contribution is -2.15. The minimum atomic E-state index is -0.297. The molecule has 0 bridgehead atoms. The van der Waals surface area contributed by atoms with Crippen LogP contribution in [0, 0.1) is 13.8 Å². The number of aromatic amines is 1. The number of aryl methyl sites for hydroxylation is 2. The molecule has 0 saturated heterocycles. The zero-order chi connectivity index (χ0) is 16.6. The Morgan fingerprint density at radius 1 is 1.26 bits per heavy atom. The zero-order valence-corrected chi connectivity index (χ0v) is 13.8. The normalized spacial score (nSPS) is 10.9. The number of carbonyl (C=O) groups is 1. The van der Waals surface area contributed by atoms with Gasteiger partial charge in [-0.25, -0.2) is 4.52 Å². The molecule has 0 atom stereocenters. The van der Waals surface area contributed by atoms with E-state index >= 15 is 0 Å². The van der Waals surface area contributed by atoms with Gasteiger partial charge in [0, 0.05) is 17.4 Å². The van der Waals surface area contributed by atoms with Crippen LogP contribution in [0.2, 0.25) is 0 Å². The summed E-state index contributed by atoms with van der Waals surface area (Å²) in [5.41, 5.74) is 3.01. The molecule has 0 aliphatic carbocycles. The van der Waals surface area contributed by atoms with Crippen LogP contribution in [0.1, 0.15) is 21.6 Å². The number of nitrogens with zero attached hydrogens (tertiary/aromatic N) is 2. The number of hydrogen-bond donors (Lipinski definition) is 2. The summed E-state index contributed by atoms with van der Waals surface area (Å²) in [6, 6.07) is 8.98. The summed E-state index contributed by atoms with van der Waals surface area (Å²) in [6.07, 6.45) is 1.85. The molecule has 23 heavy (non-hydrogen) atoms. The topological polar surface area (TPSA) is 79.3 Å². The van der Waals surface area contributed by atoms with E-state index in [9.17, 15) is 9.59 Å². The first-order valence-electron chi connectivity index (χ1n) is 7.04. The number of hydrogen-bond acceptors (Lipinski definition) is 4. The summed E-state index contributed by atoms with van der Waals surface area (Å²) in [6.45, 7) is 3.76. The Kier molecular flexibility index (Phi) is 3.96. The SMILES string of the molecule is CSc1nn2c(C)cc(=O)[nH]c2c1C(=O)Nc1ccc(C)cc1. The first-order chi connectivity index (χ1) is 11.0. The molecule has 2 aromatic heterocycles. The summed E-state index contributed by atoms with van der Waals surface area (Å²) in [5.74, 6) is -0.297. The number of benzene rings is 1. The molecule has 118 valence electrons. The van der Waals surface area contributed by atoms with E-state index in [1.54, 1.807) is 11.4 Å². The molecule has 6 nitrogen and oxygen atoms in total. The van der Waals surface area contributed by atoms with E-state index in [1.807, 2.05) is 37.4 Å². The highest BCUT2D eigenvalue weighted by Gasteiger charge is 2.21. The van der Waals surface area contributed by atoms with Gasteiger partial charge in [-0.2, -0.15) is 5.10 Å². The smallest absolute Gasteiger partial charge is 0.262 e. The van der Waals surface area contributed by atoms with Crippen molar-refractivity contribution in [2.24, 2.45) is 0 Å². The number of rotatable bonds is 3. The molecule has 1 amide bonds. The molecule has 0 aliphatic heterocycles. The van der Waals surface area contributed by atoms with Gasteiger partial charge in [-0.3, -0.25) is 9.59 Å². The maximum atomic E-state index is 12.7. The fourth-order valence-corrected chi connectivity index (χ4v) is 2.91. The summed E-state index contributed by atoms with van der Waals surface area (Å²) >= 11 is 1.36. The van der Waals surface area contributed by atoms with Crippen LogP contribution in [0.5, 0.6) is 0 Å². The van der Waals surface area contributed by atoms with Gasteiger partial charge >= 0.3 is 0 Å². The van der Waals surface area contributed by atoms with Gasteiger partial charge in [-0.05, 0) is 32.2 Å². The molecule has 7 heteroatoms. The molecule has 1 aromatic carbocycles. The second-order valence-electron chi connectivity index (χ2n) is 5.24. The van der Waals surface area contributed by atoms with E-state index in [-0.39, 0.29) is 11.5 Å². The van der Waals surface area contributed by atoms with Gasteiger partial charge in [0.25, 0.3) is 11.5 Å². The van der Waals surface area contributed by atoms with Gasteiger partial charge in [-0.15, -0.1) is 11.8 Å². The Balaban J connectivity index is 2.08.